The Morgan fingerprint density at radius 2 is 1.96 bits per heavy atom. The number of hydrogen-bond donors (Lipinski definition) is 1. The van der Waals surface area contributed by atoms with E-state index in [1.54, 1.807) is 6.92 Å². The topological polar surface area (TPSA) is 61.9 Å². The van der Waals surface area contributed by atoms with Gasteiger partial charge in [0.05, 0.1) is 0 Å². The molecule has 2 rings (SSSR count). The number of amides is 2. The number of ether oxygens (including phenoxy) is 1. The number of likely N-dealkylation sites (tertiary alicyclic amines) is 2. The first-order chi connectivity index (χ1) is 11.0. The first-order valence-electron chi connectivity index (χ1n) is 8.94. The van der Waals surface area contributed by atoms with E-state index >= 15 is 0 Å². The van der Waals surface area contributed by atoms with Crippen LogP contribution in [-0.2, 0) is 9.53 Å². The van der Waals surface area contributed by atoms with Gasteiger partial charge < -0.3 is 15.0 Å². The number of carbonyl (C=O) groups excluding carboxylic acids is 2. The van der Waals surface area contributed by atoms with Gasteiger partial charge in [-0.15, -0.1) is 0 Å². The van der Waals surface area contributed by atoms with Crippen molar-refractivity contribution in [3.05, 3.63) is 0 Å². The molecule has 2 heterocycles. The maximum absolute atomic E-state index is 12.6. The zero-order valence-electron chi connectivity index (χ0n) is 16.0. The van der Waals surface area contributed by atoms with E-state index in [4.69, 9.17) is 4.74 Å². The summed E-state index contributed by atoms with van der Waals surface area (Å²) in [6, 6.07) is 0.401. The molecule has 1 N–H and O–H groups in total. The summed E-state index contributed by atoms with van der Waals surface area (Å²) >= 11 is 0. The van der Waals surface area contributed by atoms with Crippen LogP contribution in [0.3, 0.4) is 0 Å². The molecule has 2 atom stereocenters. The molecule has 0 bridgehead atoms. The van der Waals surface area contributed by atoms with Gasteiger partial charge in [0.2, 0.25) is 5.91 Å². The molecule has 0 aromatic rings. The van der Waals surface area contributed by atoms with Crippen LogP contribution in [0.15, 0.2) is 0 Å². The lowest BCUT2D eigenvalue weighted by Crippen LogP contribution is -2.45. The molecule has 2 unspecified atom stereocenters. The van der Waals surface area contributed by atoms with Crippen LogP contribution >= 0.6 is 0 Å². The van der Waals surface area contributed by atoms with E-state index in [0.717, 1.165) is 39.0 Å². The van der Waals surface area contributed by atoms with Crippen LogP contribution in [0.4, 0.5) is 4.79 Å². The van der Waals surface area contributed by atoms with E-state index in [1.807, 2.05) is 25.7 Å². The Hall–Kier alpha value is -1.30. The Bertz CT molecular complexity index is 484. The van der Waals surface area contributed by atoms with E-state index < -0.39 is 5.60 Å². The Kier molecular flexibility index (Phi) is 5.47. The van der Waals surface area contributed by atoms with Crippen LogP contribution in [0.2, 0.25) is 0 Å². The Morgan fingerprint density at radius 1 is 1.29 bits per heavy atom. The number of hydrogen-bond acceptors (Lipinski definition) is 4. The molecule has 2 aliphatic heterocycles. The molecule has 2 aliphatic rings. The predicted molar refractivity (Wildman–Crippen MR) is 93.8 cm³/mol. The highest BCUT2D eigenvalue weighted by molar-refractivity contribution is 5.73. The van der Waals surface area contributed by atoms with Crippen molar-refractivity contribution in [3.63, 3.8) is 0 Å². The van der Waals surface area contributed by atoms with Gasteiger partial charge in [-0.05, 0) is 39.0 Å². The number of nitrogens with zero attached hydrogens (tertiary/aromatic N) is 2. The summed E-state index contributed by atoms with van der Waals surface area (Å²) < 4.78 is 5.59. The quantitative estimate of drug-likeness (QED) is 0.856. The number of nitrogens with one attached hydrogen (secondary N) is 1. The van der Waals surface area contributed by atoms with Crippen molar-refractivity contribution in [3.8, 4) is 0 Å². The Labute approximate surface area is 145 Å². The highest BCUT2D eigenvalue weighted by atomic mass is 16.6. The van der Waals surface area contributed by atoms with Crippen molar-refractivity contribution < 1.29 is 14.3 Å². The first kappa shape index (κ1) is 19.0. The number of rotatable bonds is 3. The van der Waals surface area contributed by atoms with Crippen LogP contribution < -0.4 is 5.32 Å². The minimum absolute atomic E-state index is 0.0271. The van der Waals surface area contributed by atoms with E-state index in [2.05, 4.69) is 24.1 Å². The summed E-state index contributed by atoms with van der Waals surface area (Å²) in [5.74, 6) is 0.0271. The van der Waals surface area contributed by atoms with Crippen molar-refractivity contribution in [2.24, 2.45) is 5.41 Å². The molecule has 0 radical (unpaired) electrons. The van der Waals surface area contributed by atoms with Gasteiger partial charge in [0.15, 0.2) is 0 Å². The zero-order chi connectivity index (χ0) is 18.1. The third-order valence-electron chi connectivity index (χ3n) is 4.60. The van der Waals surface area contributed by atoms with Crippen LogP contribution in [0.5, 0.6) is 0 Å². The molecule has 6 nitrogen and oxygen atoms in total. The summed E-state index contributed by atoms with van der Waals surface area (Å²) in [5.41, 5.74) is -0.364. The van der Waals surface area contributed by atoms with Crippen LogP contribution in [0.1, 0.15) is 54.4 Å². The molecular formula is C18H33N3O3. The molecule has 0 aromatic carbocycles. The standard InChI is InChI=1S/C18H33N3O3/c1-13(22)19-14-7-8-20(10-14)11-15-9-18(5,6)12-21(15)16(23)24-17(2,3)4/h14-15H,7-12H2,1-6H3,(H,19,22). The second-order valence-electron chi connectivity index (χ2n) is 9.08. The summed E-state index contributed by atoms with van der Waals surface area (Å²) in [5, 5.41) is 2.99. The van der Waals surface area contributed by atoms with Crippen molar-refractivity contribution in [1.82, 2.24) is 15.1 Å². The van der Waals surface area contributed by atoms with Gasteiger partial charge in [-0.25, -0.2) is 4.79 Å². The van der Waals surface area contributed by atoms with Crippen molar-refractivity contribution in [1.29, 1.82) is 0 Å². The lowest BCUT2D eigenvalue weighted by molar-refractivity contribution is -0.119. The first-order valence-corrected chi connectivity index (χ1v) is 8.94. The summed E-state index contributed by atoms with van der Waals surface area (Å²) in [6.45, 7) is 15.1. The summed E-state index contributed by atoms with van der Waals surface area (Å²) in [4.78, 5) is 28.0. The second kappa shape index (κ2) is 6.90. The smallest absolute Gasteiger partial charge is 0.410 e. The number of carbonyl (C=O) groups is 2. The minimum atomic E-state index is -0.474. The minimum Gasteiger partial charge on any atom is -0.444 e. The van der Waals surface area contributed by atoms with Gasteiger partial charge in [0.1, 0.15) is 5.60 Å². The average Bonchev–Trinajstić information content (AvgIpc) is 2.91. The Morgan fingerprint density at radius 3 is 2.54 bits per heavy atom. The van der Waals surface area contributed by atoms with Crippen LogP contribution in [0, 0.1) is 5.41 Å². The van der Waals surface area contributed by atoms with E-state index in [9.17, 15) is 9.59 Å². The largest absolute Gasteiger partial charge is 0.444 e. The predicted octanol–water partition coefficient (Wildman–Crippen LogP) is 2.23. The van der Waals surface area contributed by atoms with Crippen molar-refractivity contribution in [2.45, 2.75) is 72.1 Å². The molecule has 138 valence electrons. The van der Waals surface area contributed by atoms with Gasteiger partial charge in [-0.3, -0.25) is 9.69 Å². The molecule has 0 saturated carbocycles. The normalized spacial score (nSPS) is 27.3. The average molecular weight is 339 g/mol. The third-order valence-corrected chi connectivity index (χ3v) is 4.60. The van der Waals surface area contributed by atoms with Crippen LogP contribution in [-0.4, -0.2) is 65.7 Å². The molecule has 0 spiro atoms. The fourth-order valence-corrected chi connectivity index (χ4v) is 3.80. The van der Waals surface area contributed by atoms with Crippen molar-refractivity contribution >= 4 is 12.0 Å². The summed E-state index contributed by atoms with van der Waals surface area (Å²) in [6.07, 6.45) is 1.74. The SMILES string of the molecule is CC(=O)NC1CCN(CC2CC(C)(C)CN2C(=O)OC(C)(C)C)C1. The Balaban J connectivity index is 1.96. The molecular weight excluding hydrogens is 306 g/mol. The molecule has 0 aromatic heterocycles. The zero-order valence-corrected chi connectivity index (χ0v) is 16.0. The molecule has 24 heavy (non-hydrogen) atoms. The van der Waals surface area contributed by atoms with Gasteiger partial charge in [0.25, 0.3) is 0 Å². The molecule has 0 aliphatic carbocycles. The fraction of sp³-hybridized carbons (Fsp3) is 0.889. The highest BCUT2D eigenvalue weighted by Crippen LogP contribution is 2.35. The molecule has 2 amide bonds. The highest BCUT2D eigenvalue weighted by Gasteiger charge is 2.42. The maximum atomic E-state index is 12.6. The molecule has 2 saturated heterocycles. The fourth-order valence-electron chi connectivity index (χ4n) is 3.80. The monoisotopic (exact) mass is 339 g/mol. The lowest BCUT2D eigenvalue weighted by Gasteiger charge is -2.31. The second-order valence-corrected chi connectivity index (χ2v) is 9.08. The van der Waals surface area contributed by atoms with Gasteiger partial charge in [0, 0.05) is 45.2 Å². The van der Waals surface area contributed by atoms with Gasteiger partial charge >= 0.3 is 6.09 Å². The summed E-state index contributed by atoms with van der Waals surface area (Å²) in [7, 11) is 0. The van der Waals surface area contributed by atoms with E-state index in [0.29, 0.717) is 0 Å². The van der Waals surface area contributed by atoms with Crippen LogP contribution in [0.25, 0.3) is 0 Å². The van der Waals surface area contributed by atoms with Gasteiger partial charge in [-0.1, -0.05) is 13.8 Å². The third kappa shape index (κ3) is 5.36. The van der Waals surface area contributed by atoms with Crippen molar-refractivity contribution in [2.75, 3.05) is 26.2 Å². The maximum Gasteiger partial charge on any atom is 0.410 e. The molecule has 2 fully saturated rings. The molecule has 6 heteroatoms. The lowest BCUT2D eigenvalue weighted by atomic mass is 9.90. The van der Waals surface area contributed by atoms with Gasteiger partial charge in [-0.2, -0.15) is 0 Å². The van der Waals surface area contributed by atoms with E-state index in [-0.39, 0.29) is 29.5 Å². The van der Waals surface area contributed by atoms with E-state index in [1.165, 1.54) is 0 Å².